The van der Waals surface area contributed by atoms with E-state index in [0.29, 0.717) is 12.5 Å². The lowest BCUT2D eigenvalue weighted by Crippen LogP contribution is -2.18. The summed E-state index contributed by atoms with van der Waals surface area (Å²) >= 11 is 17.7. The first-order valence-electron chi connectivity index (χ1n) is 7.62. The van der Waals surface area contributed by atoms with Crippen molar-refractivity contribution in [2.45, 2.75) is 10.8 Å². The van der Waals surface area contributed by atoms with Gasteiger partial charge in [-0.25, -0.2) is 8.78 Å². The van der Waals surface area contributed by atoms with E-state index in [1.54, 1.807) is 0 Å². The molecule has 0 spiro atoms. The summed E-state index contributed by atoms with van der Waals surface area (Å²) < 4.78 is 25.8. The maximum absolute atomic E-state index is 13.5. The molecular weight excluding hydrogens is 423 g/mol. The van der Waals surface area contributed by atoms with Gasteiger partial charge in [-0.1, -0.05) is 11.6 Å². The van der Waals surface area contributed by atoms with Crippen molar-refractivity contribution in [1.29, 1.82) is 0 Å². The van der Waals surface area contributed by atoms with Gasteiger partial charge in [0, 0.05) is 11.8 Å². The first kappa shape index (κ1) is 19.7. The zero-order valence-corrected chi connectivity index (χ0v) is 15.7. The first-order valence-corrected chi connectivity index (χ1v) is 8.76. The van der Waals surface area contributed by atoms with E-state index in [0.717, 1.165) is 6.07 Å². The Bertz CT molecular complexity index is 953. The molecule has 1 saturated carbocycles. The summed E-state index contributed by atoms with van der Waals surface area (Å²) in [6.45, 7) is 0. The highest BCUT2D eigenvalue weighted by Crippen LogP contribution is 2.53. The third-order valence-electron chi connectivity index (χ3n) is 3.96. The van der Waals surface area contributed by atoms with E-state index in [9.17, 15) is 18.4 Å². The third kappa shape index (κ3) is 4.26. The summed E-state index contributed by atoms with van der Waals surface area (Å²) in [7, 11) is 0. The van der Waals surface area contributed by atoms with E-state index < -0.39 is 39.4 Å². The molecule has 0 radical (unpaired) electrons. The molecular formula is C17H12Cl3F2N3O2. The number of hydrogen-bond acceptors (Lipinski definition) is 3. The molecule has 1 unspecified atom stereocenters. The molecule has 1 aliphatic rings. The number of nitrogens with two attached hydrogens (primary N) is 1. The van der Waals surface area contributed by atoms with Gasteiger partial charge >= 0.3 is 0 Å². The van der Waals surface area contributed by atoms with E-state index in [1.807, 2.05) is 0 Å². The normalized spacial score (nSPS) is 17.3. The van der Waals surface area contributed by atoms with E-state index in [-0.39, 0.29) is 22.0 Å². The smallest absolute Gasteiger partial charge is 0.257 e. The lowest BCUT2D eigenvalue weighted by Gasteiger charge is -2.12. The molecule has 0 heterocycles. The quantitative estimate of drug-likeness (QED) is 0.486. The minimum absolute atomic E-state index is 0.0302. The van der Waals surface area contributed by atoms with E-state index >= 15 is 0 Å². The van der Waals surface area contributed by atoms with Crippen LogP contribution < -0.4 is 16.4 Å². The largest absolute Gasteiger partial charge is 0.395 e. The van der Waals surface area contributed by atoms with Crippen LogP contribution >= 0.6 is 34.8 Å². The summed E-state index contributed by atoms with van der Waals surface area (Å²) in [4.78, 5) is 24.5. The van der Waals surface area contributed by atoms with Crippen molar-refractivity contribution in [1.82, 2.24) is 0 Å². The summed E-state index contributed by atoms with van der Waals surface area (Å²) in [5.41, 5.74) is 5.10. The molecule has 0 aromatic heterocycles. The Morgan fingerprint density at radius 2 is 1.81 bits per heavy atom. The number of alkyl halides is 2. The van der Waals surface area contributed by atoms with Gasteiger partial charge in [-0.3, -0.25) is 9.59 Å². The maximum Gasteiger partial charge on any atom is 0.257 e. The van der Waals surface area contributed by atoms with Crippen LogP contribution in [0.3, 0.4) is 0 Å². The second kappa shape index (κ2) is 7.14. The number of hydrogen-bond donors (Lipinski definition) is 3. The molecule has 27 heavy (non-hydrogen) atoms. The molecule has 1 aliphatic carbocycles. The average molecular weight is 435 g/mol. The number of amides is 2. The van der Waals surface area contributed by atoms with Crippen LogP contribution in [0.25, 0.3) is 0 Å². The fraction of sp³-hybridized carbons (Fsp3) is 0.176. The van der Waals surface area contributed by atoms with Crippen molar-refractivity contribution in [3.05, 3.63) is 52.6 Å². The van der Waals surface area contributed by atoms with Crippen LogP contribution in [0.4, 0.5) is 25.8 Å². The lowest BCUT2D eigenvalue weighted by molar-refractivity contribution is -0.117. The molecule has 1 atom stereocenters. The highest BCUT2D eigenvalue weighted by molar-refractivity contribution is 6.52. The fourth-order valence-electron chi connectivity index (χ4n) is 2.38. The van der Waals surface area contributed by atoms with Gasteiger partial charge in [0.25, 0.3) is 5.91 Å². The Balaban J connectivity index is 1.80. The van der Waals surface area contributed by atoms with Gasteiger partial charge in [0.15, 0.2) is 5.82 Å². The topological polar surface area (TPSA) is 84.2 Å². The number of carbonyl (C=O) groups excluding carboxylic acids is 2. The van der Waals surface area contributed by atoms with Crippen molar-refractivity contribution < 1.29 is 18.4 Å². The van der Waals surface area contributed by atoms with E-state index in [4.69, 9.17) is 40.5 Å². The molecule has 5 nitrogen and oxygen atoms in total. The van der Waals surface area contributed by atoms with Gasteiger partial charge in [0.05, 0.1) is 27.9 Å². The van der Waals surface area contributed by atoms with Gasteiger partial charge < -0.3 is 16.4 Å². The van der Waals surface area contributed by atoms with Gasteiger partial charge in [-0.2, -0.15) is 0 Å². The molecule has 2 aromatic rings. The zero-order chi connectivity index (χ0) is 19.9. The number of rotatable bonds is 4. The van der Waals surface area contributed by atoms with Crippen LogP contribution in [0.2, 0.25) is 5.02 Å². The first-order chi connectivity index (χ1) is 12.6. The molecule has 2 amide bonds. The number of nitrogen functional groups attached to an aromatic ring is 1. The highest BCUT2D eigenvalue weighted by Gasteiger charge is 2.56. The maximum atomic E-state index is 13.5. The molecule has 0 saturated heterocycles. The number of benzene rings is 2. The molecule has 4 N–H and O–H groups in total. The van der Waals surface area contributed by atoms with Gasteiger partial charge in [0.2, 0.25) is 5.91 Å². The lowest BCUT2D eigenvalue weighted by atomic mass is 10.1. The predicted octanol–water partition coefficient (Wildman–Crippen LogP) is 4.59. The van der Waals surface area contributed by atoms with Crippen LogP contribution in [-0.4, -0.2) is 16.1 Å². The van der Waals surface area contributed by atoms with Crippen LogP contribution in [-0.2, 0) is 4.79 Å². The number of nitrogens with one attached hydrogen (secondary N) is 2. The second-order valence-electron chi connectivity index (χ2n) is 6.00. The van der Waals surface area contributed by atoms with E-state index in [1.165, 1.54) is 18.2 Å². The summed E-state index contributed by atoms with van der Waals surface area (Å²) in [6.07, 6.45) is 0.327. The van der Waals surface area contributed by atoms with Crippen LogP contribution in [0.5, 0.6) is 0 Å². The minimum atomic E-state index is -1.09. The number of halogens is 5. The van der Waals surface area contributed by atoms with Crippen molar-refractivity contribution >= 4 is 63.7 Å². The monoisotopic (exact) mass is 433 g/mol. The Kier molecular flexibility index (Phi) is 5.20. The predicted molar refractivity (Wildman–Crippen MR) is 101 cm³/mol. The zero-order valence-electron chi connectivity index (χ0n) is 13.5. The fourth-order valence-corrected chi connectivity index (χ4v) is 3.09. The Morgan fingerprint density at radius 1 is 1.15 bits per heavy atom. The molecule has 3 rings (SSSR count). The third-order valence-corrected chi connectivity index (χ3v) is 5.13. The molecule has 2 aromatic carbocycles. The van der Waals surface area contributed by atoms with Crippen LogP contribution in [0.1, 0.15) is 16.8 Å². The average Bonchev–Trinajstić information content (AvgIpc) is 3.22. The molecule has 10 heteroatoms. The molecule has 142 valence electrons. The van der Waals surface area contributed by atoms with Crippen LogP contribution in [0, 0.1) is 17.6 Å². The summed E-state index contributed by atoms with van der Waals surface area (Å²) in [5, 5.41) is 4.94. The summed E-state index contributed by atoms with van der Waals surface area (Å²) in [6, 6.07) is 5.67. The number of anilines is 3. The van der Waals surface area contributed by atoms with E-state index in [2.05, 4.69) is 10.6 Å². The number of carbonyl (C=O) groups is 2. The molecule has 0 bridgehead atoms. The van der Waals surface area contributed by atoms with Crippen molar-refractivity contribution in [2.24, 2.45) is 5.92 Å². The minimum Gasteiger partial charge on any atom is -0.395 e. The van der Waals surface area contributed by atoms with Crippen molar-refractivity contribution in [3.63, 3.8) is 0 Å². The Labute approximate surface area is 167 Å². The highest BCUT2D eigenvalue weighted by atomic mass is 35.5. The SMILES string of the molecule is Nc1c(F)cc(F)cc1NC(=O)c1cc(NC(=O)C2CC2(Cl)Cl)ccc1Cl. The van der Waals surface area contributed by atoms with Gasteiger partial charge in [0.1, 0.15) is 10.2 Å². The molecule has 1 fully saturated rings. The second-order valence-corrected chi connectivity index (χ2v) is 7.95. The van der Waals surface area contributed by atoms with Crippen molar-refractivity contribution in [2.75, 3.05) is 16.4 Å². The summed E-state index contributed by atoms with van der Waals surface area (Å²) in [5.74, 6) is -3.62. The van der Waals surface area contributed by atoms with Gasteiger partial charge in [-0.05, 0) is 30.7 Å². The Hall–Kier alpha value is -2.09. The Morgan fingerprint density at radius 3 is 2.44 bits per heavy atom. The standard InChI is InChI=1S/C17H12Cl3F2N3O2/c18-11-2-1-8(24-16(27)10-6-17(10,19)20)5-9(11)15(26)25-13-4-7(21)3-12(22)14(13)23/h1-5,10H,6,23H2,(H,24,27)(H,25,26). The van der Waals surface area contributed by atoms with Crippen molar-refractivity contribution in [3.8, 4) is 0 Å². The van der Waals surface area contributed by atoms with Gasteiger partial charge in [-0.15, -0.1) is 23.2 Å². The molecule has 0 aliphatic heterocycles. The van der Waals surface area contributed by atoms with Crippen LogP contribution in [0.15, 0.2) is 30.3 Å².